The molecule has 46 heavy (non-hydrogen) atoms. The number of rotatable bonds is 7. The molecule has 1 amide bonds. The van der Waals surface area contributed by atoms with E-state index in [1.165, 1.54) is 11.3 Å². The Balaban J connectivity index is 1.45. The van der Waals surface area contributed by atoms with E-state index in [-0.39, 0.29) is 11.5 Å². The average Bonchev–Trinajstić information content (AvgIpc) is 3.61. The number of nitrogens with one attached hydrogen (secondary N) is 2. The zero-order valence-corrected chi connectivity index (χ0v) is 26.2. The maximum atomic E-state index is 14.5. The van der Waals surface area contributed by atoms with Crippen LogP contribution < -0.4 is 29.7 Å². The molecule has 6 aromatic rings. The molecule has 7 rings (SSSR count). The first kappa shape index (κ1) is 29.1. The lowest BCUT2D eigenvalue weighted by molar-refractivity contribution is -0.113. The summed E-state index contributed by atoms with van der Waals surface area (Å²) in [4.78, 5) is 37.3. The summed E-state index contributed by atoms with van der Waals surface area (Å²) in [6.45, 7) is 1.81. The summed E-state index contributed by atoms with van der Waals surface area (Å²) in [7, 11) is 3.23. The van der Waals surface area contributed by atoms with Crippen molar-refractivity contribution in [2.45, 2.75) is 13.0 Å². The van der Waals surface area contributed by atoms with Gasteiger partial charge in [-0.3, -0.25) is 14.2 Å². The number of carbonyl (C=O) groups is 1. The summed E-state index contributed by atoms with van der Waals surface area (Å²) in [6, 6.07) is 31.8. The number of hydrogen-bond donors (Lipinski definition) is 2. The Kier molecular flexibility index (Phi) is 7.60. The van der Waals surface area contributed by atoms with Gasteiger partial charge in [0.05, 0.1) is 47.3 Å². The van der Waals surface area contributed by atoms with Crippen molar-refractivity contribution >= 4 is 39.9 Å². The maximum absolute atomic E-state index is 14.5. The Labute approximate surface area is 268 Å². The van der Waals surface area contributed by atoms with Crippen molar-refractivity contribution in [1.29, 1.82) is 0 Å². The number of anilines is 1. The largest absolute Gasteiger partial charge is 0.497 e. The van der Waals surface area contributed by atoms with Gasteiger partial charge < -0.3 is 19.8 Å². The van der Waals surface area contributed by atoms with E-state index in [0.717, 1.165) is 33.3 Å². The van der Waals surface area contributed by atoms with Crippen LogP contribution in [0.3, 0.4) is 0 Å². The molecule has 1 atom stereocenters. The molecule has 0 bridgehead atoms. The van der Waals surface area contributed by atoms with Crippen molar-refractivity contribution in [1.82, 2.24) is 9.55 Å². The number of aromatic amines is 1. The van der Waals surface area contributed by atoms with Gasteiger partial charge in [0.2, 0.25) is 0 Å². The van der Waals surface area contributed by atoms with Crippen molar-refractivity contribution in [2.24, 2.45) is 4.99 Å². The zero-order valence-electron chi connectivity index (χ0n) is 25.4. The molecule has 228 valence electrons. The Bertz CT molecular complexity index is 2320. The molecule has 0 saturated carbocycles. The van der Waals surface area contributed by atoms with E-state index in [1.54, 1.807) is 18.8 Å². The molecular weight excluding hydrogens is 596 g/mol. The third kappa shape index (κ3) is 5.10. The number of benzene rings is 4. The third-order valence-electron chi connectivity index (χ3n) is 8.10. The predicted octanol–water partition coefficient (Wildman–Crippen LogP) is 6.04. The van der Waals surface area contributed by atoms with Crippen LogP contribution in [0.5, 0.6) is 11.5 Å². The minimum absolute atomic E-state index is 0.245. The van der Waals surface area contributed by atoms with Crippen molar-refractivity contribution in [3.05, 3.63) is 145 Å². The predicted molar refractivity (Wildman–Crippen MR) is 182 cm³/mol. The van der Waals surface area contributed by atoms with Gasteiger partial charge in [-0.25, -0.2) is 4.99 Å². The van der Waals surface area contributed by atoms with Gasteiger partial charge in [0.15, 0.2) is 4.80 Å². The van der Waals surface area contributed by atoms with Crippen LogP contribution in [-0.2, 0) is 4.79 Å². The van der Waals surface area contributed by atoms with Crippen LogP contribution in [-0.4, -0.2) is 29.7 Å². The van der Waals surface area contributed by atoms with Gasteiger partial charge in [0.1, 0.15) is 11.5 Å². The average molecular weight is 627 g/mol. The van der Waals surface area contributed by atoms with Gasteiger partial charge in [0.25, 0.3) is 11.5 Å². The van der Waals surface area contributed by atoms with Crippen LogP contribution >= 0.6 is 11.3 Å². The molecule has 1 aliphatic rings. The number of hydrogen-bond acceptors (Lipinski definition) is 6. The SMILES string of the molecule is COc1cccc([C@H]2C(C(=O)Nc3ccccc3)=C(C)N=c3s/c(=C\c4c(-c5ccccc5)[nH]c5c(OC)cccc45)c(=O)n32)c1. The minimum Gasteiger partial charge on any atom is -0.497 e. The standard InChI is InChI=1S/C37H30N4O4S/c1-22-31(35(42)39-25-15-8-5-9-16-25)34(24-14-10-17-26(20-24)44-2)41-36(43)30(46-37(41)38-22)21-28-27-18-11-19-29(45-3)33(27)40-32(28)23-12-6-4-7-13-23/h4-21,34,40H,1-3H3,(H,39,42)/b30-21-/t34-/m0/s1. The minimum atomic E-state index is -0.728. The van der Waals surface area contributed by atoms with Crippen molar-refractivity contribution < 1.29 is 14.3 Å². The first-order valence-corrected chi connectivity index (χ1v) is 15.6. The second kappa shape index (κ2) is 12.0. The number of allylic oxidation sites excluding steroid dienone is 1. The van der Waals surface area contributed by atoms with E-state index in [9.17, 15) is 9.59 Å². The molecular formula is C37H30N4O4S. The number of thiazole rings is 1. The van der Waals surface area contributed by atoms with Crippen LogP contribution in [0.25, 0.3) is 28.2 Å². The normalized spacial score (nSPS) is 14.6. The monoisotopic (exact) mass is 626 g/mol. The van der Waals surface area contributed by atoms with Gasteiger partial charge in [-0.05, 0) is 54.5 Å². The second-order valence-electron chi connectivity index (χ2n) is 10.8. The van der Waals surface area contributed by atoms with Gasteiger partial charge in [-0.1, -0.05) is 84.1 Å². The Hall–Kier alpha value is -5.67. The highest BCUT2D eigenvalue weighted by Crippen LogP contribution is 2.36. The zero-order chi connectivity index (χ0) is 31.8. The molecule has 2 N–H and O–H groups in total. The molecule has 0 saturated heterocycles. The van der Waals surface area contributed by atoms with Crippen LogP contribution in [0.2, 0.25) is 0 Å². The van der Waals surface area contributed by atoms with Crippen LogP contribution in [0, 0.1) is 0 Å². The Morgan fingerprint density at radius 2 is 1.67 bits per heavy atom. The van der Waals surface area contributed by atoms with E-state index >= 15 is 0 Å². The van der Waals surface area contributed by atoms with E-state index in [1.807, 2.05) is 116 Å². The van der Waals surface area contributed by atoms with Gasteiger partial charge in [-0.2, -0.15) is 0 Å². The molecule has 1 aliphatic heterocycles. The molecule has 0 unspecified atom stereocenters. The summed E-state index contributed by atoms with van der Waals surface area (Å²) < 4.78 is 13.3. The van der Waals surface area contributed by atoms with Crippen molar-refractivity contribution in [3.63, 3.8) is 0 Å². The lowest BCUT2D eigenvalue weighted by Gasteiger charge is -2.25. The molecule has 0 aliphatic carbocycles. The smallest absolute Gasteiger partial charge is 0.271 e. The summed E-state index contributed by atoms with van der Waals surface area (Å²) in [5.74, 6) is 1.00. The second-order valence-corrected chi connectivity index (χ2v) is 11.9. The fourth-order valence-electron chi connectivity index (χ4n) is 5.95. The van der Waals surface area contributed by atoms with E-state index in [4.69, 9.17) is 14.5 Å². The quantitative estimate of drug-likeness (QED) is 0.226. The first-order valence-electron chi connectivity index (χ1n) is 14.7. The maximum Gasteiger partial charge on any atom is 0.271 e. The molecule has 9 heteroatoms. The number of amides is 1. The number of nitrogens with zero attached hydrogens (tertiary/aromatic N) is 2. The lowest BCUT2D eigenvalue weighted by Crippen LogP contribution is -2.40. The number of ether oxygens (including phenoxy) is 2. The molecule has 4 aromatic carbocycles. The first-order chi connectivity index (χ1) is 22.5. The summed E-state index contributed by atoms with van der Waals surface area (Å²) in [6.07, 6.45) is 1.91. The Morgan fingerprint density at radius 1 is 0.935 bits per heavy atom. The van der Waals surface area contributed by atoms with Crippen LogP contribution in [0.4, 0.5) is 5.69 Å². The molecule has 0 fully saturated rings. The Morgan fingerprint density at radius 3 is 2.41 bits per heavy atom. The topological polar surface area (TPSA) is 97.7 Å². The number of para-hydroxylation sites is 2. The molecule has 0 spiro atoms. The van der Waals surface area contributed by atoms with E-state index in [0.29, 0.717) is 37.8 Å². The van der Waals surface area contributed by atoms with Crippen LogP contribution in [0.1, 0.15) is 24.1 Å². The number of aromatic nitrogens is 2. The highest BCUT2D eigenvalue weighted by molar-refractivity contribution is 7.07. The number of fused-ring (bicyclic) bond motifs is 2. The van der Waals surface area contributed by atoms with Crippen molar-refractivity contribution in [2.75, 3.05) is 19.5 Å². The molecule has 0 radical (unpaired) electrons. The number of carbonyl (C=O) groups excluding carboxylic acids is 1. The van der Waals surface area contributed by atoms with Gasteiger partial charge in [-0.15, -0.1) is 0 Å². The highest BCUT2D eigenvalue weighted by atomic mass is 32.1. The van der Waals surface area contributed by atoms with Crippen molar-refractivity contribution in [3.8, 4) is 22.8 Å². The van der Waals surface area contributed by atoms with Gasteiger partial charge >= 0.3 is 0 Å². The molecule has 2 aromatic heterocycles. The summed E-state index contributed by atoms with van der Waals surface area (Å²) >= 11 is 1.30. The summed E-state index contributed by atoms with van der Waals surface area (Å²) in [5, 5.41) is 3.92. The van der Waals surface area contributed by atoms with E-state index in [2.05, 4.69) is 10.3 Å². The number of H-pyrrole nitrogens is 1. The summed E-state index contributed by atoms with van der Waals surface area (Å²) in [5.41, 5.74) is 5.62. The molecule has 8 nitrogen and oxygen atoms in total. The fraction of sp³-hybridized carbons (Fsp3) is 0.108. The van der Waals surface area contributed by atoms with Crippen LogP contribution in [0.15, 0.2) is 124 Å². The van der Waals surface area contributed by atoms with Gasteiger partial charge in [0, 0.05) is 16.6 Å². The third-order valence-corrected chi connectivity index (χ3v) is 9.08. The fourth-order valence-corrected chi connectivity index (χ4v) is 6.98. The number of methoxy groups -OCH3 is 2. The van der Waals surface area contributed by atoms with E-state index < -0.39 is 6.04 Å². The highest BCUT2D eigenvalue weighted by Gasteiger charge is 2.33. The molecule has 3 heterocycles. The lowest BCUT2D eigenvalue weighted by atomic mass is 9.95.